The third-order valence-corrected chi connectivity index (χ3v) is 1.86. The van der Waals surface area contributed by atoms with E-state index in [-0.39, 0.29) is 51.1 Å². The Morgan fingerprint density at radius 3 is 2.00 bits per heavy atom. The SMILES string of the molecule is [CH2-]CN(C)C(=O)CN(C)C(=O)CC.[Y+3]. The van der Waals surface area contributed by atoms with Gasteiger partial charge < -0.3 is 16.7 Å². The third-order valence-electron chi connectivity index (χ3n) is 1.86. The van der Waals surface area contributed by atoms with Gasteiger partial charge in [0.2, 0.25) is 11.8 Å². The minimum absolute atomic E-state index is 0. The predicted octanol–water partition coefficient (Wildman–Crippen LogP) is 0.145. The van der Waals surface area contributed by atoms with Crippen LogP contribution < -0.4 is 0 Å². The van der Waals surface area contributed by atoms with Crippen LogP contribution >= 0.6 is 0 Å². The molecule has 0 rings (SSSR count). The smallest absolute Gasteiger partial charge is 0.374 e. The minimum Gasteiger partial charge on any atom is -0.374 e. The number of carbonyl (C=O) groups excluding carboxylic acids is 2. The molecule has 0 aliphatic rings. The number of nitrogens with zero attached hydrogens (tertiary/aromatic N) is 2. The van der Waals surface area contributed by atoms with Gasteiger partial charge in [-0.1, -0.05) is 6.92 Å². The van der Waals surface area contributed by atoms with Crippen LogP contribution in [0.4, 0.5) is 0 Å². The summed E-state index contributed by atoms with van der Waals surface area (Å²) in [4.78, 5) is 25.3. The summed E-state index contributed by atoms with van der Waals surface area (Å²) in [7, 11) is 3.29. The standard InChI is InChI=1S/C9H17N2O2.Y/c1-5-8(12)11(4)7-9(13)10(3)6-2;/h2,5-7H2,1,3-4H3;/q-1;+3. The maximum atomic E-state index is 11.3. The van der Waals surface area contributed by atoms with E-state index in [9.17, 15) is 9.59 Å². The average Bonchev–Trinajstić information content (AvgIpc) is 2.14. The van der Waals surface area contributed by atoms with Crippen LogP contribution in [0.5, 0.6) is 0 Å². The first-order valence-corrected chi connectivity index (χ1v) is 4.30. The van der Waals surface area contributed by atoms with Gasteiger partial charge in [0.1, 0.15) is 0 Å². The van der Waals surface area contributed by atoms with Crippen molar-refractivity contribution in [2.24, 2.45) is 0 Å². The molecule has 0 aromatic heterocycles. The first-order chi connectivity index (χ1) is 6.02. The summed E-state index contributed by atoms with van der Waals surface area (Å²) < 4.78 is 0. The van der Waals surface area contributed by atoms with E-state index in [0.29, 0.717) is 13.0 Å². The zero-order valence-corrected chi connectivity index (χ0v) is 12.0. The van der Waals surface area contributed by atoms with Crippen molar-refractivity contribution in [1.29, 1.82) is 0 Å². The fraction of sp³-hybridized carbons (Fsp3) is 0.667. The van der Waals surface area contributed by atoms with E-state index in [0.717, 1.165) is 0 Å². The van der Waals surface area contributed by atoms with Crippen molar-refractivity contribution in [3.63, 3.8) is 0 Å². The Balaban J connectivity index is 0. The molecule has 0 N–H and O–H groups in total. The number of likely N-dealkylation sites (N-methyl/N-ethyl adjacent to an activating group) is 2. The van der Waals surface area contributed by atoms with E-state index in [1.165, 1.54) is 9.80 Å². The molecule has 0 saturated carbocycles. The van der Waals surface area contributed by atoms with Crippen molar-refractivity contribution < 1.29 is 42.3 Å². The van der Waals surface area contributed by atoms with Crippen LogP contribution in [0.3, 0.4) is 0 Å². The molecule has 0 bridgehead atoms. The fourth-order valence-electron chi connectivity index (χ4n) is 0.806. The molecule has 0 aromatic carbocycles. The monoisotopic (exact) mass is 274 g/mol. The van der Waals surface area contributed by atoms with Crippen molar-refractivity contribution in [3.8, 4) is 0 Å². The molecule has 0 radical (unpaired) electrons. The second-order valence-electron chi connectivity index (χ2n) is 2.92. The minimum atomic E-state index is -0.0840. The van der Waals surface area contributed by atoms with Crippen LogP contribution in [-0.4, -0.2) is 48.8 Å². The van der Waals surface area contributed by atoms with Crippen molar-refractivity contribution in [1.82, 2.24) is 9.80 Å². The first kappa shape index (κ1) is 16.5. The van der Waals surface area contributed by atoms with Crippen LogP contribution in [0.25, 0.3) is 0 Å². The van der Waals surface area contributed by atoms with E-state index in [1.807, 2.05) is 0 Å². The van der Waals surface area contributed by atoms with E-state index in [2.05, 4.69) is 6.92 Å². The summed E-state index contributed by atoms with van der Waals surface area (Å²) >= 11 is 0. The van der Waals surface area contributed by atoms with E-state index >= 15 is 0 Å². The number of hydrogen-bond acceptors (Lipinski definition) is 2. The molecule has 0 aromatic rings. The first-order valence-electron chi connectivity index (χ1n) is 4.30. The Bertz CT molecular complexity index is 197. The van der Waals surface area contributed by atoms with E-state index in [1.54, 1.807) is 21.0 Å². The van der Waals surface area contributed by atoms with Gasteiger partial charge in [-0.15, -0.1) is 6.54 Å². The summed E-state index contributed by atoms with van der Waals surface area (Å²) in [5.41, 5.74) is 0. The van der Waals surface area contributed by atoms with E-state index < -0.39 is 0 Å². The molecular weight excluding hydrogens is 257 g/mol. The Morgan fingerprint density at radius 2 is 1.64 bits per heavy atom. The third kappa shape index (κ3) is 5.71. The number of hydrogen-bond donors (Lipinski definition) is 0. The molecule has 2 amide bonds. The molecule has 0 heterocycles. The van der Waals surface area contributed by atoms with Gasteiger partial charge in [-0.3, -0.25) is 9.59 Å². The van der Waals surface area contributed by atoms with Gasteiger partial charge >= 0.3 is 32.7 Å². The molecule has 5 heteroatoms. The van der Waals surface area contributed by atoms with Gasteiger partial charge in [-0.2, -0.15) is 0 Å². The molecule has 4 nitrogen and oxygen atoms in total. The van der Waals surface area contributed by atoms with Gasteiger partial charge in [-0.05, 0) is 0 Å². The van der Waals surface area contributed by atoms with Crippen molar-refractivity contribution in [2.75, 3.05) is 27.2 Å². The van der Waals surface area contributed by atoms with Gasteiger partial charge in [0, 0.05) is 20.5 Å². The van der Waals surface area contributed by atoms with Crippen LogP contribution in [0.15, 0.2) is 0 Å². The normalized spacial score (nSPS) is 8.86. The van der Waals surface area contributed by atoms with Gasteiger partial charge in [0.25, 0.3) is 0 Å². The van der Waals surface area contributed by atoms with Gasteiger partial charge in [0.15, 0.2) is 0 Å². The molecule has 0 fully saturated rings. The molecule has 0 saturated heterocycles. The molecule has 0 unspecified atom stereocenters. The number of rotatable bonds is 4. The number of carbonyl (C=O) groups is 2. The zero-order chi connectivity index (χ0) is 10.4. The largest absolute Gasteiger partial charge is 3.00 e. The maximum Gasteiger partial charge on any atom is 3.00 e. The molecular formula is C9H17N2O2Y+2. The second kappa shape index (κ2) is 8.36. The summed E-state index contributed by atoms with van der Waals surface area (Å²) in [6.07, 6.45) is 0.428. The molecule has 0 aliphatic carbocycles. The maximum absolute atomic E-state index is 11.3. The van der Waals surface area contributed by atoms with Crippen LogP contribution in [0, 0.1) is 6.92 Å². The molecule has 0 spiro atoms. The summed E-state index contributed by atoms with van der Waals surface area (Å²) in [6, 6.07) is 0. The van der Waals surface area contributed by atoms with E-state index in [4.69, 9.17) is 0 Å². The Labute approximate surface area is 111 Å². The molecule has 14 heavy (non-hydrogen) atoms. The zero-order valence-electron chi connectivity index (χ0n) is 9.12. The Kier molecular flexibility index (Phi) is 9.84. The number of amides is 2. The summed E-state index contributed by atoms with van der Waals surface area (Å²) in [5.74, 6) is -0.106. The molecule has 76 valence electrons. The fourth-order valence-corrected chi connectivity index (χ4v) is 0.806. The quantitative estimate of drug-likeness (QED) is 0.684. The van der Waals surface area contributed by atoms with Gasteiger partial charge in [-0.25, -0.2) is 0 Å². The topological polar surface area (TPSA) is 40.6 Å². The molecule has 0 atom stereocenters. The average molecular weight is 274 g/mol. The second-order valence-corrected chi connectivity index (χ2v) is 2.92. The van der Waals surface area contributed by atoms with Crippen molar-refractivity contribution in [2.45, 2.75) is 13.3 Å². The Morgan fingerprint density at radius 1 is 1.14 bits per heavy atom. The van der Waals surface area contributed by atoms with Crippen LogP contribution in [0.1, 0.15) is 13.3 Å². The molecule has 0 aliphatic heterocycles. The Hall–Kier alpha value is 0.0439. The van der Waals surface area contributed by atoms with Crippen LogP contribution in [-0.2, 0) is 42.3 Å². The van der Waals surface area contributed by atoms with Gasteiger partial charge in [0.05, 0.1) is 6.54 Å². The summed E-state index contributed by atoms with van der Waals surface area (Å²) in [5, 5.41) is 0. The summed E-state index contributed by atoms with van der Waals surface area (Å²) in [6.45, 7) is 5.91. The predicted molar refractivity (Wildman–Crippen MR) is 50.9 cm³/mol. The van der Waals surface area contributed by atoms with Crippen LogP contribution in [0.2, 0.25) is 0 Å². The van der Waals surface area contributed by atoms with Crippen molar-refractivity contribution >= 4 is 11.8 Å². The van der Waals surface area contributed by atoms with Crippen molar-refractivity contribution in [3.05, 3.63) is 6.92 Å².